The van der Waals surface area contributed by atoms with Crippen molar-refractivity contribution in [1.29, 1.82) is 0 Å². The van der Waals surface area contributed by atoms with Crippen LogP contribution in [0.1, 0.15) is 18.5 Å². The fourth-order valence-corrected chi connectivity index (χ4v) is 5.03. The van der Waals surface area contributed by atoms with Crippen LogP contribution >= 0.6 is 11.7 Å². The summed E-state index contributed by atoms with van der Waals surface area (Å²) in [7, 11) is -3.79. The lowest BCUT2D eigenvalue weighted by atomic mass is 10.1. The zero-order valence-electron chi connectivity index (χ0n) is 16.4. The lowest BCUT2D eigenvalue weighted by Crippen LogP contribution is -2.27. The van der Waals surface area contributed by atoms with Crippen LogP contribution in [0.4, 0.5) is 16.2 Å². The Bertz CT molecular complexity index is 1310. The highest BCUT2D eigenvalue weighted by molar-refractivity contribution is 7.89. The maximum atomic E-state index is 12.9. The summed E-state index contributed by atoms with van der Waals surface area (Å²) in [5, 5.41) is 5.48. The third kappa shape index (κ3) is 4.88. The molecule has 2 amide bonds. The van der Waals surface area contributed by atoms with E-state index in [1.54, 1.807) is 55.5 Å². The Morgan fingerprint density at radius 2 is 1.55 bits per heavy atom. The van der Waals surface area contributed by atoms with Crippen LogP contribution in [0.25, 0.3) is 11.0 Å². The first kappa shape index (κ1) is 20.9. The first-order valence-electron chi connectivity index (χ1n) is 9.39. The number of urea groups is 1. The zero-order valence-corrected chi connectivity index (χ0v) is 18.1. The molecule has 1 unspecified atom stereocenters. The maximum Gasteiger partial charge on any atom is 0.323 e. The van der Waals surface area contributed by atoms with Crippen molar-refractivity contribution in [3.63, 3.8) is 0 Å². The van der Waals surface area contributed by atoms with Gasteiger partial charge >= 0.3 is 6.03 Å². The monoisotopic (exact) mass is 453 g/mol. The molecule has 31 heavy (non-hydrogen) atoms. The number of sulfonamides is 1. The number of nitrogens with zero attached hydrogens (tertiary/aromatic N) is 2. The van der Waals surface area contributed by atoms with Crippen LogP contribution in [0.2, 0.25) is 0 Å². The van der Waals surface area contributed by atoms with Gasteiger partial charge in [-0.1, -0.05) is 36.4 Å². The van der Waals surface area contributed by atoms with Gasteiger partial charge in [0.2, 0.25) is 10.0 Å². The minimum absolute atomic E-state index is 0.0986. The molecule has 1 atom stereocenters. The molecule has 0 aliphatic carbocycles. The molecule has 0 saturated carbocycles. The molecule has 158 valence electrons. The van der Waals surface area contributed by atoms with Gasteiger partial charge in [0.25, 0.3) is 0 Å². The van der Waals surface area contributed by atoms with Gasteiger partial charge in [-0.2, -0.15) is 8.75 Å². The van der Waals surface area contributed by atoms with E-state index in [2.05, 4.69) is 24.1 Å². The third-order valence-corrected chi connectivity index (χ3v) is 6.69. The summed E-state index contributed by atoms with van der Waals surface area (Å²) in [4.78, 5) is 12.2. The molecule has 0 aliphatic rings. The number of anilines is 2. The van der Waals surface area contributed by atoms with Crippen molar-refractivity contribution in [2.45, 2.75) is 17.9 Å². The standard InChI is InChI=1S/C21H19N5O3S2/c1-14(26-31(28,29)19-9-5-8-18-20(19)25-30-24-18)15-10-12-17(13-11-15)23-21(27)22-16-6-3-2-4-7-16/h2-14,26H,1H3,(H2,22,23,27). The molecular formula is C21H19N5O3S2. The maximum absolute atomic E-state index is 12.9. The summed E-state index contributed by atoms with van der Waals surface area (Å²) in [5.74, 6) is 0. The molecule has 3 N–H and O–H groups in total. The number of benzene rings is 3. The van der Waals surface area contributed by atoms with Crippen molar-refractivity contribution in [2.75, 3.05) is 10.6 Å². The number of carbonyl (C=O) groups is 1. The van der Waals surface area contributed by atoms with Gasteiger partial charge in [0, 0.05) is 17.4 Å². The number of hydrogen-bond donors (Lipinski definition) is 3. The van der Waals surface area contributed by atoms with Gasteiger partial charge in [-0.25, -0.2) is 17.9 Å². The highest BCUT2D eigenvalue weighted by Crippen LogP contribution is 2.24. The second-order valence-corrected chi connectivity index (χ2v) is 9.01. The van der Waals surface area contributed by atoms with E-state index in [1.165, 1.54) is 6.07 Å². The number of fused-ring (bicyclic) bond motifs is 1. The van der Waals surface area contributed by atoms with Crippen molar-refractivity contribution in [3.05, 3.63) is 78.4 Å². The molecule has 8 nitrogen and oxygen atoms in total. The second kappa shape index (κ2) is 8.80. The molecule has 0 saturated heterocycles. The van der Waals surface area contributed by atoms with Gasteiger partial charge < -0.3 is 10.6 Å². The topological polar surface area (TPSA) is 113 Å². The van der Waals surface area contributed by atoms with E-state index in [9.17, 15) is 13.2 Å². The van der Waals surface area contributed by atoms with Crippen LogP contribution in [0.3, 0.4) is 0 Å². The highest BCUT2D eigenvalue weighted by atomic mass is 32.2. The summed E-state index contributed by atoms with van der Waals surface area (Å²) < 4.78 is 36.6. The van der Waals surface area contributed by atoms with Gasteiger partial charge in [0.15, 0.2) is 0 Å². The van der Waals surface area contributed by atoms with Crippen molar-refractivity contribution in [2.24, 2.45) is 0 Å². The largest absolute Gasteiger partial charge is 0.323 e. The van der Waals surface area contributed by atoms with Crippen molar-refractivity contribution in [3.8, 4) is 0 Å². The number of amides is 2. The molecular weight excluding hydrogens is 434 g/mol. The molecule has 0 radical (unpaired) electrons. The fourth-order valence-electron chi connectivity index (χ4n) is 3.03. The summed E-state index contributed by atoms with van der Waals surface area (Å²) >= 11 is 0.973. The zero-order chi connectivity index (χ0) is 21.8. The first-order chi connectivity index (χ1) is 14.9. The average Bonchev–Trinajstić information content (AvgIpc) is 3.23. The van der Waals surface area contributed by atoms with Crippen LogP contribution in [-0.2, 0) is 10.0 Å². The predicted molar refractivity (Wildman–Crippen MR) is 122 cm³/mol. The van der Waals surface area contributed by atoms with Crippen LogP contribution in [-0.4, -0.2) is 23.2 Å². The minimum atomic E-state index is -3.79. The van der Waals surface area contributed by atoms with E-state index in [0.29, 0.717) is 22.4 Å². The minimum Gasteiger partial charge on any atom is -0.308 e. The van der Waals surface area contributed by atoms with Gasteiger partial charge in [0.05, 0.1) is 11.7 Å². The highest BCUT2D eigenvalue weighted by Gasteiger charge is 2.22. The lowest BCUT2D eigenvalue weighted by Gasteiger charge is -2.15. The number of hydrogen-bond acceptors (Lipinski definition) is 6. The third-order valence-electron chi connectivity index (χ3n) is 4.57. The van der Waals surface area contributed by atoms with Crippen LogP contribution in [0.15, 0.2) is 77.7 Å². The van der Waals surface area contributed by atoms with Gasteiger partial charge in [-0.15, -0.1) is 0 Å². The Kier molecular flexibility index (Phi) is 5.94. The summed E-state index contributed by atoms with van der Waals surface area (Å²) in [6.45, 7) is 1.75. The Morgan fingerprint density at radius 1 is 0.871 bits per heavy atom. The van der Waals surface area contributed by atoms with Gasteiger partial charge in [-0.3, -0.25) is 0 Å². The number of rotatable bonds is 6. The van der Waals surface area contributed by atoms with Crippen LogP contribution in [0.5, 0.6) is 0 Å². The van der Waals surface area contributed by atoms with E-state index >= 15 is 0 Å². The molecule has 1 heterocycles. The predicted octanol–water partition coefficient (Wildman–Crippen LogP) is 4.37. The number of para-hydroxylation sites is 1. The summed E-state index contributed by atoms with van der Waals surface area (Å²) in [6.07, 6.45) is 0. The summed E-state index contributed by atoms with van der Waals surface area (Å²) in [6, 6.07) is 20.1. The molecule has 4 aromatic rings. The van der Waals surface area contributed by atoms with E-state index in [4.69, 9.17) is 0 Å². The molecule has 0 spiro atoms. The molecule has 4 rings (SSSR count). The SMILES string of the molecule is CC(NS(=O)(=O)c1cccc2nsnc12)c1ccc(NC(=O)Nc2ccccc2)cc1. The summed E-state index contributed by atoms with van der Waals surface area (Å²) in [5.41, 5.74) is 2.93. The van der Waals surface area contributed by atoms with E-state index in [-0.39, 0.29) is 10.9 Å². The normalized spacial score (nSPS) is 12.4. The van der Waals surface area contributed by atoms with Crippen molar-refractivity contribution in [1.82, 2.24) is 13.5 Å². The molecule has 0 bridgehead atoms. The average molecular weight is 454 g/mol. The Labute approximate surface area is 183 Å². The van der Waals surface area contributed by atoms with E-state index in [1.807, 2.05) is 18.2 Å². The Morgan fingerprint density at radius 3 is 2.26 bits per heavy atom. The van der Waals surface area contributed by atoms with Crippen LogP contribution < -0.4 is 15.4 Å². The molecule has 0 fully saturated rings. The Balaban J connectivity index is 1.43. The second-order valence-electron chi connectivity index (χ2n) is 6.80. The van der Waals surface area contributed by atoms with Crippen molar-refractivity contribution < 1.29 is 13.2 Å². The Hall–Kier alpha value is -3.34. The number of aromatic nitrogens is 2. The quantitative estimate of drug-likeness (QED) is 0.401. The van der Waals surface area contributed by atoms with Crippen molar-refractivity contribution >= 4 is 50.2 Å². The lowest BCUT2D eigenvalue weighted by molar-refractivity contribution is 0.262. The molecule has 0 aliphatic heterocycles. The molecule has 10 heteroatoms. The molecule has 1 aromatic heterocycles. The number of carbonyl (C=O) groups excluding carboxylic acids is 1. The fraction of sp³-hybridized carbons (Fsp3) is 0.0952. The number of nitrogens with one attached hydrogen (secondary N) is 3. The van der Waals surface area contributed by atoms with E-state index in [0.717, 1.165) is 17.3 Å². The molecule has 3 aromatic carbocycles. The van der Waals surface area contributed by atoms with Gasteiger partial charge in [-0.05, 0) is 48.9 Å². The van der Waals surface area contributed by atoms with Crippen LogP contribution in [0, 0.1) is 0 Å². The van der Waals surface area contributed by atoms with Gasteiger partial charge in [0.1, 0.15) is 15.9 Å². The van der Waals surface area contributed by atoms with E-state index < -0.39 is 16.1 Å². The first-order valence-corrected chi connectivity index (χ1v) is 11.6. The smallest absolute Gasteiger partial charge is 0.308 e.